The molecular formula is C40H49N5O9. The van der Waals surface area contributed by atoms with Gasteiger partial charge in [-0.2, -0.15) is 0 Å². The van der Waals surface area contributed by atoms with Crippen LogP contribution in [0, 0.1) is 27.9 Å². The lowest BCUT2D eigenvalue weighted by molar-refractivity contribution is -0.384. The summed E-state index contributed by atoms with van der Waals surface area (Å²) in [7, 11) is 0. The first kappa shape index (κ1) is 38.8. The predicted octanol–water partition coefficient (Wildman–Crippen LogP) is 5.95. The number of nitrogens with zero attached hydrogens (tertiary/aromatic N) is 5. The number of aromatic nitrogens is 3. The van der Waals surface area contributed by atoms with Crippen molar-refractivity contribution in [3.05, 3.63) is 113 Å². The predicted molar refractivity (Wildman–Crippen MR) is 200 cm³/mol. The van der Waals surface area contributed by atoms with Gasteiger partial charge in [0.25, 0.3) is 5.69 Å². The molecule has 14 heteroatoms. The van der Waals surface area contributed by atoms with Gasteiger partial charge in [0.2, 0.25) is 5.79 Å². The second-order valence-electron chi connectivity index (χ2n) is 13.9. The molecule has 6 unspecified atom stereocenters. The Hall–Kier alpha value is -4.89. The van der Waals surface area contributed by atoms with Crippen molar-refractivity contribution in [1.82, 2.24) is 15.0 Å². The third kappa shape index (κ3) is 7.97. The molecule has 14 nitrogen and oxygen atoms in total. The highest BCUT2D eigenvalue weighted by Crippen LogP contribution is 2.63. The van der Waals surface area contributed by atoms with Crippen molar-refractivity contribution < 1.29 is 39.3 Å². The van der Waals surface area contributed by atoms with Crippen LogP contribution in [-0.2, 0) is 22.8 Å². The van der Waals surface area contributed by atoms with E-state index in [2.05, 4.69) is 29.5 Å². The number of non-ortho nitro benzene ring substituents is 1. The fourth-order valence-electron chi connectivity index (χ4n) is 8.36. The van der Waals surface area contributed by atoms with E-state index in [1.165, 1.54) is 18.3 Å². The van der Waals surface area contributed by atoms with Gasteiger partial charge in [0, 0.05) is 43.2 Å². The van der Waals surface area contributed by atoms with Gasteiger partial charge >= 0.3 is 0 Å². The highest BCUT2D eigenvalue weighted by atomic mass is 16.7. The number of allylic oxidation sites excluding steroid dienone is 1. The molecular weight excluding hydrogens is 694 g/mol. The molecule has 0 bridgehead atoms. The Morgan fingerprint density at radius 2 is 1.80 bits per heavy atom. The molecule has 0 saturated heterocycles. The molecule has 3 aromatic rings. The van der Waals surface area contributed by atoms with E-state index in [4.69, 9.17) is 24.2 Å². The minimum Gasteiger partial charge on any atom is -0.490 e. The van der Waals surface area contributed by atoms with Crippen molar-refractivity contribution in [2.45, 2.75) is 75.9 Å². The van der Waals surface area contributed by atoms with Gasteiger partial charge in [-0.05, 0) is 79.0 Å². The lowest BCUT2D eigenvalue weighted by atomic mass is 9.55. The van der Waals surface area contributed by atoms with E-state index < -0.39 is 22.7 Å². The van der Waals surface area contributed by atoms with Crippen molar-refractivity contribution in [1.29, 1.82) is 0 Å². The molecule has 2 aliphatic carbocycles. The molecule has 54 heavy (non-hydrogen) atoms. The smallest absolute Gasteiger partial charge is 0.269 e. The van der Waals surface area contributed by atoms with Crippen molar-refractivity contribution in [2.24, 2.45) is 22.9 Å². The first-order valence-corrected chi connectivity index (χ1v) is 18.6. The summed E-state index contributed by atoms with van der Waals surface area (Å²) in [5.41, 5.74) is 3.68. The number of aliphatic hydroxyl groups excluding tert-OH is 3. The molecule has 1 saturated carbocycles. The molecule has 1 aliphatic heterocycles. The molecule has 3 N–H and O–H groups in total. The normalized spacial score (nSPS) is 24.8. The average molecular weight is 744 g/mol. The van der Waals surface area contributed by atoms with Gasteiger partial charge in [-0.15, -0.1) is 11.7 Å². The maximum absolute atomic E-state index is 11.2. The summed E-state index contributed by atoms with van der Waals surface area (Å²) in [6.45, 7) is 8.19. The SMILES string of the molecule is C=CCOc1ccc2c(c1)C1C(CCCCO)C(CCCCO)C=C3C(=NOCc4ccc([N+](=O)[O-])cc4)CC(n4nncc4CO)C(OCC=C)(O2)C31. The van der Waals surface area contributed by atoms with Crippen LogP contribution in [0.5, 0.6) is 11.5 Å². The van der Waals surface area contributed by atoms with E-state index in [0.717, 1.165) is 36.8 Å². The molecule has 2 aromatic carbocycles. The van der Waals surface area contributed by atoms with Gasteiger partial charge in [0.05, 0.1) is 41.7 Å². The summed E-state index contributed by atoms with van der Waals surface area (Å²) < 4.78 is 21.7. The standard InChI is InChI=1S/C40H49N5O9/c1-3-19-51-31-15-16-36-34(22-31)38-32(10-6-8-18-47)28(9-5-7-17-46)21-33-35(42-53-26-27-11-13-29(14-12-27)45(49)50)23-37(44-30(25-48)24-41-43-44)40(54-36,39(33)38)52-20-4-2/h3-4,11-16,21-22,24,28,32,37-39,46-48H,1-2,5-10,17-20,23,25-26H2. The lowest BCUT2D eigenvalue weighted by Gasteiger charge is -2.58. The fraction of sp³-hybridized carbons (Fsp3) is 0.475. The number of fused-ring (bicyclic) bond motifs is 2. The number of oxime groups is 1. The highest BCUT2D eigenvalue weighted by molar-refractivity contribution is 6.02. The first-order valence-electron chi connectivity index (χ1n) is 18.6. The Bertz CT molecular complexity index is 1830. The monoisotopic (exact) mass is 743 g/mol. The molecule has 3 aliphatic rings. The van der Waals surface area contributed by atoms with Crippen LogP contribution in [0.3, 0.4) is 0 Å². The first-order chi connectivity index (χ1) is 26.4. The molecule has 0 radical (unpaired) electrons. The number of unbranched alkanes of at least 4 members (excludes halogenated alkanes) is 2. The van der Waals surface area contributed by atoms with Crippen LogP contribution in [0.2, 0.25) is 0 Å². The van der Waals surface area contributed by atoms with Gasteiger partial charge in [0.1, 0.15) is 30.8 Å². The van der Waals surface area contributed by atoms with Crippen LogP contribution in [0.25, 0.3) is 0 Å². The zero-order chi connectivity index (χ0) is 38.1. The lowest BCUT2D eigenvalue weighted by Crippen LogP contribution is -2.63. The molecule has 288 valence electrons. The van der Waals surface area contributed by atoms with Crippen molar-refractivity contribution in [2.75, 3.05) is 26.4 Å². The number of rotatable bonds is 20. The average Bonchev–Trinajstić information content (AvgIpc) is 3.66. The fourth-order valence-corrected chi connectivity index (χ4v) is 8.36. The molecule has 1 fully saturated rings. The summed E-state index contributed by atoms with van der Waals surface area (Å²) in [6, 6.07) is 11.3. The summed E-state index contributed by atoms with van der Waals surface area (Å²) in [6.07, 6.45) is 12.0. The highest BCUT2D eigenvalue weighted by Gasteiger charge is 2.65. The minimum atomic E-state index is -1.36. The van der Waals surface area contributed by atoms with E-state index in [1.807, 2.05) is 18.2 Å². The number of benzene rings is 2. The van der Waals surface area contributed by atoms with E-state index in [1.54, 1.807) is 29.0 Å². The quantitative estimate of drug-likeness (QED) is 0.0538. The molecule has 0 amide bonds. The van der Waals surface area contributed by atoms with E-state index in [-0.39, 0.29) is 62.9 Å². The van der Waals surface area contributed by atoms with Crippen LogP contribution in [0.1, 0.15) is 73.7 Å². The summed E-state index contributed by atoms with van der Waals surface area (Å²) in [4.78, 5) is 16.8. The summed E-state index contributed by atoms with van der Waals surface area (Å²) in [5, 5.41) is 54.6. The Labute approximate surface area is 314 Å². The van der Waals surface area contributed by atoms with Crippen molar-refractivity contribution in [3.8, 4) is 11.5 Å². The number of ether oxygens (including phenoxy) is 3. The van der Waals surface area contributed by atoms with Gasteiger partial charge in [-0.25, -0.2) is 4.68 Å². The molecule has 6 atom stereocenters. The molecule has 0 spiro atoms. The van der Waals surface area contributed by atoms with Crippen LogP contribution in [0.15, 0.2) is 90.8 Å². The maximum atomic E-state index is 11.2. The van der Waals surface area contributed by atoms with E-state index >= 15 is 0 Å². The van der Waals surface area contributed by atoms with Crippen LogP contribution < -0.4 is 9.47 Å². The Morgan fingerprint density at radius 1 is 1.04 bits per heavy atom. The Balaban J connectivity index is 1.54. The minimum absolute atomic E-state index is 0.0154. The number of aliphatic hydroxyl groups is 3. The van der Waals surface area contributed by atoms with Gasteiger partial charge in [-0.1, -0.05) is 48.0 Å². The zero-order valence-electron chi connectivity index (χ0n) is 30.4. The van der Waals surface area contributed by atoms with Crippen molar-refractivity contribution >= 4 is 11.4 Å². The van der Waals surface area contributed by atoms with Gasteiger partial charge in [-0.3, -0.25) is 10.1 Å². The van der Waals surface area contributed by atoms with Crippen LogP contribution >= 0.6 is 0 Å². The van der Waals surface area contributed by atoms with Gasteiger partial charge < -0.3 is 34.4 Å². The molecule has 6 rings (SSSR count). The van der Waals surface area contributed by atoms with Gasteiger partial charge in [0.15, 0.2) is 0 Å². The summed E-state index contributed by atoms with van der Waals surface area (Å²) >= 11 is 0. The third-order valence-electron chi connectivity index (χ3n) is 10.7. The Kier molecular flexibility index (Phi) is 12.9. The number of nitro groups is 1. The third-order valence-corrected chi connectivity index (χ3v) is 10.7. The van der Waals surface area contributed by atoms with E-state index in [0.29, 0.717) is 47.9 Å². The largest absolute Gasteiger partial charge is 0.490 e. The van der Waals surface area contributed by atoms with Crippen LogP contribution in [0.4, 0.5) is 5.69 Å². The molecule has 2 heterocycles. The van der Waals surface area contributed by atoms with E-state index in [9.17, 15) is 25.4 Å². The zero-order valence-corrected chi connectivity index (χ0v) is 30.4. The topological polar surface area (TPSA) is 184 Å². The maximum Gasteiger partial charge on any atom is 0.269 e. The number of nitro benzene ring substituents is 1. The number of hydrogen-bond acceptors (Lipinski definition) is 12. The second kappa shape index (κ2) is 18.0. The van der Waals surface area contributed by atoms with Crippen LogP contribution in [-0.4, -0.2) is 73.2 Å². The number of hydrogen-bond donors (Lipinski definition) is 3. The Morgan fingerprint density at radius 3 is 2.50 bits per heavy atom. The molecule has 1 aromatic heterocycles. The summed E-state index contributed by atoms with van der Waals surface area (Å²) in [5.74, 6) is -0.548. The second-order valence-corrected chi connectivity index (χ2v) is 13.9. The van der Waals surface area contributed by atoms with Crippen molar-refractivity contribution in [3.63, 3.8) is 0 Å².